The molecule has 1 aromatic carbocycles. The third kappa shape index (κ3) is 4.99. The van der Waals surface area contributed by atoms with Crippen LogP contribution in [0, 0.1) is 0 Å². The van der Waals surface area contributed by atoms with Gasteiger partial charge in [-0.1, -0.05) is 28.1 Å². The van der Waals surface area contributed by atoms with E-state index in [-0.39, 0.29) is 12.1 Å². The maximum atomic E-state index is 12.2. The first-order chi connectivity index (χ1) is 10.2. The largest absolute Gasteiger partial charge is 0.444 e. The van der Waals surface area contributed by atoms with Gasteiger partial charge in [0.25, 0.3) is 0 Å². The summed E-state index contributed by atoms with van der Waals surface area (Å²) in [5.41, 5.74) is 0.854. The van der Waals surface area contributed by atoms with Gasteiger partial charge in [0.05, 0.1) is 0 Å². The molecule has 0 spiro atoms. The van der Waals surface area contributed by atoms with Crippen LogP contribution in [0.4, 0.5) is 4.79 Å². The van der Waals surface area contributed by atoms with Gasteiger partial charge in [0.15, 0.2) is 0 Å². The molecule has 22 heavy (non-hydrogen) atoms. The number of halogens is 1. The quantitative estimate of drug-likeness (QED) is 0.793. The monoisotopic (exact) mass is 368 g/mol. The first kappa shape index (κ1) is 17.3. The fraction of sp³-hybridized carbons (Fsp3) is 0.588. The minimum absolute atomic E-state index is 0.166. The maximum Gasteiger partial charge on any atom is 0.410 e. The van der Waals surface area contributed by atoms with Gasteiger partial charge in [-0.15, -0.1) is 0 Å². The third-order valence-electron chi connectivity index (χ3n) is 3.66. The van der Waals surface area contributed by atoms with E-state index in [1.54, 1.807) is 0 Å². The molecule has 1 fully saturated rings. The molecule has 0 N–H and O–H groups in total. The Kier molecular flexibility index (Phi) is 5.50. The fourth-order valence-corrected chi connectivity index (χ4v) is 2.88. The number of carbonyl (C=O) groups excluding carboxylic acids is 1. The van der Waals surface area contributed by atoms with Crippen molar-refractivity contribution in [3.8, 4) is 0 Å². The molecule has 1 saturated heterocycles. The van der Waals surface area contributed by atoms with Gasteiger partial charge in [-0.25, -0.2) is 4.79 Å². The van der Waals surface area contributed by atoms with Crippen molar-refractivity contribution in [3.63, 3.8) is 0 Å². The second-order valence-electron chi connectivity index (χ2n) is 6.88. The van der Waals surface area contributed by atoms with Gasteiger partial charge in [0.2, 0.25) is 0 Å². The van der Waals surface area contributed by atoms with Crippen molar-refractivity contribution < 1.29 is 9.53 Å². The van der Waals surface area contributed by atoms with Crippen LogP contribution in [0.3, 0.4) is 0 Å². The number of carbonyl (C=O) groups is 1. The number of benzene rings is 1. The number of hydrogen-bond donors (Lipinski definition) is 0. The number of nitrogens with zero attached hydrogens (tertiary/aromatic N) is 2. The molecule has 0 unspecified atom stereocenters. The van der Waals surface area contributed by atoms with Crippen LogP contribution in [0.5, 0.6) is 0 Å². The average Bonchev–Trinajstić information content (AvgIpc) is 2.39. The molecule has 122 valence electrons. The van der Waals surface area contributed by atoms with Gasteiger partial charge in [-0.2, -0.15) is 0 Å². The lowest BCUT2D eigenvalue weighted by atomic mass is 10.1. The minimum Gasteiger partial charge on any atom is -0.444 e. The SMILES string of the molecule is C[C@H]1CN(Cc2ccc(Br)cc2)CCN1C(=O)OC(C)(C)C. The molecule has 0 aliphatic carbocycles. The van der Waals surface area contributed by atoms with Crippen molar-refractivity contribution in [3.05, 3.63) is 34.3 Å². The van der Waals surface area contributed by atoms with E-state index in [0.29, 0.717) is 6.54 Å². The van der Waals surface area contributed by atoms with Crippen LogP contribution in [0.15, 0.2) is 28.7 Å². The van der Waals surface area contributed by atoms with Crippen LogP contribution in [0.2, 0.25) is 0 Å². The van der Waals surface area contributed by atoms with Crippen LogP contribution in [-0.4, -0.2) is 47.2 Å². The van der Waals surface area contributed by atoms with Gasteiger partial charge in [-0.3, -0.25) is 4.90 Å². The number of piperazine rings is 1. The third-order valence-corrected chi connectivity index (χ3v) is 4.19. The predicted octanol–water partition coefficient (Wildman–Crippen LogP) is 3.89. The topological polar surface area (TPSA) is 32.8 Å². The van der Waals surface area contributed by atoms with Crippen LogP contribution < -0.4 is 0 Å². The smallest absolute Gasteiger partial charge is 0.410 e. The summed E-state index contributed by atoms with van der Waals surface area (Å²) in [6, 6.07) is 8.56. The second kappa shape index (κ2) is 7.01. The Morgan fingerprint density at radius 1 is 1.27 bits per heavy atom. The molecule has 0 radical (unpaired) electrons. The summed E-state index contributed by atoms with van der Waals surface area (Å²) in [6.45, 7) is 11.2. The van der Waals surface area contributed by atoms with Crippen LogP contribution in [-0.2, 0) is 11.3 Å². The number of amides is 1. The molecule has 0 aromatic heterocycles. The highest BCUT2D eigenvalue weighted by Crippen LogP contribution is 2.18. The Morgan fingerprint density at radius 3 is 2.45 bits per heavy atom. The van der Waals surface area contributed by atoms with E-state index in [4.69, 9.17) is 4.74 Å². The van der Waals surface area contributed by atoms with E-state index in [9.17, 15) is 4.79 Å². The zero-order chi connectivity index (χ0) is 16.3. The summed E-state index contributed by atoms with van der Waals surface area (Å²) in [6.07, 6.45) is -0.205. The summed E-state index contributed by atoms with van der Waals surface area (Å²) >= 11 is 3.46. The highest BCUT2D eigenvalue weighted by Gasteiger charge is 2.30. The van der Waals surface area contributed by atoms with Gasteiger partial charge in [0.1, 0.15) is 5.60 Å². The lowest BCUT2D eigenvalue weighted by Crippen LogP contribution is -2.54. The van der Waals surface area contributed by atoms with Crippen LogP contribution >= 0.6 is 15.9 Å². The second-order valence-corrected chi connectivity index (χ2v) is 7.80. The van der Waals surface area contributed by atoms with Gasteiger partial charge >= 0.3 is 6.09 Å². The molecule has 1 atom stereocenters. The van der Waals surface area contributed by atoms with E-state index in [2.05, 4.69) is 52.0 Å². The number of hydrogen-bond acceptors (Lipinski definition) is 3. The van der Waals surface area contributed by atoms with Crippen LogP contribution in [0.25, 0.3) is 0 Å². The van der Waals surface area contributed by atoms with Gasteiger partial charge < -0.3 is 9.64 Å². The van der Waals surface area contributed by atoms with E-state index < -0.39 is 5.60 Å². The van der Waals surface area contributed by atoms with E-state index >= 15 is 0 Å². The highest BCUT2D eigenvalue weighted by molar-refractivity contribution is 9.10. The molecule has 1 aliphatic heterocycles. The molecular formula is C17H25BrN2O2. The zero-order valence-electron chi connectivity index (χ0n) is 13.8. The zero-order valence-corrected chi connectivity index (χ0v) is 15.4. The normalized spacial score (nSPS) is 20.0. The van der Waals surface area contributed by atoms with Crippen molar-refractivity contribution in [1.82, 2.24) is 9.80 Å². The summed E-state index contributed by atoms with van der Waals surface area (Å²) in [5.74, 6) is 0. The van der Waals surface area contributed by atoms with Crippen molar-refractivity contribution in [2.24, 2.45) is 0 Å². The summed E-state index contributed by atoms with van der Waals surface area (Å²) in [5, 5.41) is 0. The Balaban J connectivity index is 1.89. The first-order valence-corrected chi connectivity index (χ1v) is 8.50. The van der Waals surface area contributed by atoms with Gasteiger partial charge in [-0.05, 0) is 45.4 Å². The van der Waals surface area contributed by atoms with E-state index in [1.807, 2.05) is 25.7 Å². The summed E-state index contributed by atoms with van der Waals surface area (Å²) < 4.78 is 6.57. The van der Waals surface area contributed by atoms with Crippen molar-refractivity contribution in [1.29, 1.82) is 0 Å². The molecular weight excluding hydrogens is 344 g/mol. The van der Waals surface area contributed by atoms with E-state index in [1.165, 1.54) is 5.56 Å². The number of rotatable bonds is 2. The highest BCUT2D eigenvalue weighted by atomic mass is 79.9. The van der Waals surface area contributed by atoms with Crippen molar-refractivity contribution in [2.75, 3.05) is 19.6 Å². The lowest BCUT2D eigenvalue weighted by Gasteiger charge is -2.40. The Bertz CT molecular complexity index is 510. The molecule has 5 heteroatoms. The molecule has 1 amide bonds. The Morgan fingerprint density at radius 2 is 1.91 bits per heavy atom. The number of ether oxygens (including phenoxy) is 1. The first-order valence-electron chi connectivity index (χ1n) is 7.71. The lowest BCUT2D eigenvalue weighted by molar-refractivity contribution is 0.000563. The average molecular weight is 369 g/mol. The molecule has 1 heterocycles. The molecule has 0 bridgehead atoms. The predicted molar refractivity (Wildman–Crippen MR) is 91.8 cm³/mol. The molecule has 1 aliphatic rings. The molecule has 2 rings (SSSR count). The minimum atomic E-state index is -0.439. The Labute approximate surface area is 141 Å². The fourth-order valence-electron chi connectivity index (χ4n) is 2.62. The van der Waals surface area contributed by atoms with Crippen LogP contribution in [0.1, 0.15) is 33.3 Å². The standard InChI is InChI=1S/C17H25BrN2O2/c1-13-11-19(12-14-5-7-15(18)8-6-14)9-10-20(13)16(21)22-17(2,3)4/h5-8,13H,9-12H2,1-4H3/t13-/m0/s1. The molecule has 1 aromatic rings. The molecule has 0 saturated carbocycles. The maximum absolute atomic E-state index is 12.2. The van der Waals surface area contributed by atoms with Crippen molar-refractivity contribution >= 4 is 22.0 Å². The summed E-state index contributed by atoms with van der Waals surface area (Å²) in [4.78, 5) is 16.4. The van der Waals surface area contributed by atoms with Crippen molar-refractivity contribution in [2.45, 2.75) is 45.9 Å². The van der Waals surface area contributed by atoms with E-state index in [0.717, 1.165) is 24.1 Å². The summed E-state index contributed by atoms with van der Waals surface area (Å²) in [7, 11) is 0. The Hall–Kier alpha value is -1.07. The van der Waals surface area contributed by atoms with Gasteiger partial charge in [0, 0.05) is 36.7 Å². The molecule has 4 nitrogen and oxygen atoms in total.